The van der Waals surface area contributed by atoms with E-state index in [1.165, 1.54) is 0 Å². The zero-order valence-corrected chi connectivity index (χ0v) is 10.7. The summed E-state index contributed by atoms with van der Waals surface area (Å²) in [5, 5.41) is 13.6. The van der Waals surface area contributed by atoms with Gasteiger partial charge in [0, 0.05) is 6.54 Å². The normalized spacial score (nSPS) is 10.1. The number of ether oxygens (including phenoxy) is 1. The van der Waals surface area contributed by atoms with Crippen LogP contribution in [-0.2, 0) is 6.54 Å². The SMILES string of the molecule is CCCn1cc(Oc2cccc(Cl)c2C#N)cn1. The first-order valence-electron chi connectivity index (χ1n) is 5.63. The first kappa shape index (κ1) is 12.5. The van der Waals surface area contributed by atoms with E-state index in [2.05, 4.69) is 12.0 Å². The van der Waals surface area contributed by atoms with Crippen LogP contribution in [0, 0.1) is 11.3 Å². The van der Waals surface area contributed by atoms with Crippen LogP contribution in [0.2, 0.25) is 5.02 Å². The molecule has 0 amide bonds. The van der Waals surface area contributed by atoms with Crippen molar-refractivity contribution in [1.82, 2.24) is 9.78 Å². The molecule has 0 radical (unpaired) electrons. The van der Waals surface area contributed by atoms with E-state index in [4.69, 9.17) is 21.6 Å². The van der Waals surface area contributed by atoms with Gasteiger partial charge < -0.3 is 4.74 Å². The van der Waals surface area contributed by atoms with Crippen molar-refractivity contribution >= 4 is 11.6 Å². The smallest absolute Gasteiger partial charge is 0.165 e. The van der Waals surface area contributed by atoms with E-state index in [-0.39, 0.29) is 0 Å². The molecule has 0 fully saturated rings. The van der Waals surface area contributed by atoms with E-state index >= 15 is 0 Å². The first-order valence-corrected chi connectivity index (χ1v) is 6.01. The largest absolute Gasteiger partial charge is 0.453 e. The van der Waals surface area contributed by atoms with Gasteiger partial charge in [-0.25, -0.2) is 0 Å². The average molecular weight is 262 g/mol. The van der Waals surface area contributed by atoms with Crippen LogP contribution < -0.4 is 4.74 Å². The molecule has 5 heteroatoms. The zero-order valence-electron chi connectivity index (χ0n) is 9.93. The number of hydrogen-bond acceptors (Lipinski definition) is 3. The lowest BCUT2D eigenvalue weighted by atomic mass is 10.2. The molecule has 1 aromatic heterocycles. The first-order chi connectivity index (χ1) is 8.74. The molecule has 0 spiro atoms. The predicted octanol–water partition coefficient (Wildman–Crippen LogP) is 3.61. The number of aryl methyl sites for hydroxylation is 1. The number of hydrogen-bond donors (Lipinski definition) is 0. The fraction of sp³-hybridized carbons (Fsp3) is 0.231. The maximum Gasteiger partial charge on any atom is 0.165 e. The summed E-state index contributed by atoms with van der Waals surface area (Å²) in [6.45, 7) is 2.91. The summed E-state index contributed by atoms with van der Waals surface area (Å²) in [5.74, 6) is 1.04. The van der Waals surface area contributed by atoms with Gasteiger partial charge in [0.15, 0.2) is 5.75 Å². The monoisotopic (exact) mass is 261 g/mol. The van der Waals surface area contributed by atoms with Gasteiger partial charge in [0.25, 0.3) is 0 Å². The Balaban J connectivity index is 2.23. The van der Waals surface area contributed by atoms with Crippen LogP contribution in [0.5, 0.6) is 11.5 Å². The van der Waals surface area contributed by atoms with Crippen molar-refractivity contribution in [3.8, 4) is 17.6 Å². The minimum Gasteiger partial charge on any atom is -0.453 e. The molecule has 2 aromatic rings. The number of rotatable bonds is 4. The Bertz CT molecular complexity index is 586. The van der Waals surface area contributed by atoms with Gasteiger partial charge in [-0.15, -0.1) is 0 Å². The molecule has 1 aromatic carbocycles. The highest BCUT2D eigenvalue weighted by molar-refractivity contribution is 6.31. The Morgan fingerprint density at radius 3 is 3.06 bits per heavy atom. The van der Waals surface area contributed by atoms with Crippen molar-refractivity contribution in [3.05, 3.63) is 41.2 Å². The maximum atomic E-state index is 9.03. The molecule has 4 nitrogen and oxygen atoms in total. The molecule has 0 saturated carbocycles. The second kappa shape index (κ2) is 5.56. The predicted molar refractivity (Wildman–Crippen MR) is 68.8 cm³/mol. The fourth-order valence-corrected chi connectivity index (χ4v) is 1.78. The minimum atomic E-state index is 0.336. The fourth-order valence-electron chi connectivity index (χ4n) is 1.57. The van der Waals surface area contributed by atoms with E-state index in [1.54, 1.807) is 35.3 Å². The van der Waals surface area contributed by atoms with E-state index in [0.29, 0.717) is 22.1 Å². The number of nitrogens with zero attached hydrogens (tertiary/aromatic N) is 3. The van der Waals surface area contributed by atoms with Gasteiger partial charge in [0.1, 0.15) is 17.4 Å². The van der Waals surface area contributed by atoms with E-state index in [0.717, 1.165) is 13.0 Å². The summed E-state index contributed by atoms with van der Waals surface area (Å²) in [6.07, 6.45) is 4.42. The summed E-state index contributed by atoms with van der Waals surface area (Å²) in [7, 11) is 0. The second-order valence-corrected chi connectivity index (χ2v) is 4.17. The highest BCUT2D eigenvalue weighted by Gasteiger charge is 2.09. The number of nitriles is 1. The van der Waals surface area contributed by atoms with Gasteiger partial charge in [-0.1, -0.05) is 24.6 Å². The summed E-state index contributed by atoms with van der Waals surface area (Å²) in [4.78, 5) is 0. The summed E-state index contributed by atoms with van der Waals surface area (Å²) in [5.41, 5.74) is 0.336. The van der Waals surface area contributed by atoms with Crippen molar-refractivity contribution in [3.63, 3.8) is 0 Å². The summed E-state index contributed by atoms with van der Waals surface area (Å²) >= 11 is 5.93. The van der Waals surface area contributed by atoms with Gasteiger partial charge in [-0.2, -0.15) is 10.4 Å². The number of benzene rings is 1. The van der Waals surface area contributed by atoms with Crippen molar-refractivity contribution in [2.75, 3.05) is 0 Å². The van der Waals surface area contributed by atoms with Crippen LogP contribution in [-0.4, -0.2) is 9.78 Å². The molecule has 0 aliphatic heterocycles. The van der Waals surface area contributed by atoms with Crippen LogP contribution in [0.3, 0.4) is 0 Å². The molecule has 0 bridgehead atoms. The molecular weight excluding hydrogens is 250 g/mol. The lowest BCUT2D eigenvalue weighted by Crippen LogP contribution is -1.95. The lowest BCUT2D eigenvalue weighted by Gasteiger charge is -2.05. The molecule has 18 heavy (non-hydrogen) atoms. The Labute approximate surface area is 110 Å². The third-order valence-electron chi connectivity index (χ3n) is 2.38. The molecule has 0 N–H and O–H groups in total. The van der Waals surface area contributed by atoms with Crippen LogP contribution >= 0.6 is 11.6 Å². The minimum absolute atomic E-state index is 0.336. The zero-order chi connectivity index (χ0) is 13.0. The highest BCUT2D eigenvalue weighted by Crippen LogP contribution is 2.29. The van der Waals surface area contributed by atoms with Gasteiger partial charge in [0.05, 0.1) is 17.4 Å². The Kier molecular flexibility index (Phi) is 3.85. The third kappa shape index (κ3) is 2.63. The van der Waals surface area contributed by atoms with Crippen molar-refractivity contribution in [2.45, 2.75) is 19.9 Å². The molecule has 1 heterocycles. The molecule has 92 valence electrons. The van der Waals surface area contributed by atoms with E-state index in [9.17, 15) is 0 Å². The van der Waals surface area contributed by atoms with Gasteiger partial charge >= 0.3 is 0 Å². The molecule has 0 aliphatic carbocycles. The maximum absolute atomic E-state index is 9.03. The lowest BCUT2D eigenvalue weighted by molar-refractivity contribution is 0.479. The molecule has 0 atom stereocenters. The number of aromatic nitrogens is 2. The van der Waals surface area contributed by atoms with Crippen LogP contribution in [0.4, 0.5) is 0 Å². The Hall–Kier alpha value is -1.99. The second-order valence-electron chi connectivity index (χ2n) is 3.77. The van der Waals surface area contributed by atoms with Crippen LogP contribution in [0.15, 0.2) is 30.6 Å². The molecular formula is C13H12ClN3O. The van der Waals surface area contributed by atoms with Crippen molar-refractivity contribution in [1.29, 1.82) is 5.26 Å². The van der Waals surface area contributed by atoms with Crippen LogP contribution in [0.1, 0.15) is 18.9 Å². The standard InChI is InChI=1S/C13H12ClN3O/c1-2-6-17-9-10(8-16-17)18-13-5-3-4-12(14)11(13)7-15/h3-5,8-9H,2,6H2,1H3. The summed E-state index contributed by atoms with van der Waals surface area (Å²) < 4.78 is 7.42. The van der Waals surface area contributed by atoms with Gasteiger partial charge in [-0.3, -0.25) is 4.68 Å². The molecule has 0 saturated heterocycles. The van der Waals surface area contributed by atoms with Gasteiger partial charge in [0.2, 0.25) is 0 Å². The van der Waals surface area contributed by atoms with Crippen molar-refractivity contribution in [2.24, 2.45) is 0 Å². The number of halogens is 1. The third-order valence-corrected chi connectivity index (χ3v) is 2.69. The highest BCUT2D eigenvalue weighted by atomic mass is 35.5. The molecule has 0 unspecified atom stereocenters. The Morgan fingerprint density at radius 1 is 1.50 bits per heavy atom. The quantitative estimate of drug-likeness (QED) is 0.845. The summed E-state index contributed by atoms with van der Waals surface area (Å²) in [6, 6.07) is 7.15. The topological polar surface area (TPSA) is 50.8 Å². The van der Waals surface area contributed by atoms with Crippen LogP contribution in [0.25, 0.3) is 0 Å². The molecule has 0 aliphatic rings. The van der Waals surface area contributed by atoms with Crippen molar-refractivity contribution < 1.29 is 4.74 Å². The molecule has 2 rings (SSSR count). The Morgan fingerprint density at radius 2 is 2.33 bits per heavy atom. The van der Waals surface area contributed by atoms with E-state index < -0.39 is 0 Å². The van der Waals surface area contributed by atoms with Gasteiger partial charge in [-0.05, 0) is 18.6 Å². The van der Waals surface area contributed by atoms with E-state index in [1.807, 2.05) is 6.07 Å². The average Bonchev–Trinajstić information content (AvgIpc) is 2.77.